The van der Waals surface area contributed by atoms with Gasteiger partial charge in [-0.15, -0.1) is 0 Å². The molecule has 1 aliphatic carbocycles. The molecule has 0 unspecified atom stereocenters. The highest BCUT2D eigenvalue weighted by molar-refractivity contribution is 5.77. The minimum atomic E-state index is -0.704. The van der Waals surface area contributed by atoms with Crippen LogP contribution in [0.2, 0.25) is 0 Å². The van der Waals surface area contributed by atoms with Gasteiger partial charge >= 0.3 is 0 Å². The van der Waals surface area contributed by atoms with Crippen LogP contribution in [0.4, 0.5) is 31.8 Å². The van der Waals surface area contributed by atoms with Crippen LogP contribution in [0.25, 0.3) is 0 Å². The fraction of sp³-hybridized carbons (Fsp3) is 0.375. The summed E-state index contributed by atoms with van der Waals surface area (Å²) in [5.41, 5.74) is 6.51. The highest BCUT2D eigenvalue weighted by Crippen LogP contribution is 2.29. The predicted molar refractivity (Wildman–Crippen MR) is 86.6 cm³/mol. The highest BCUT2D eigenvalue weighted by Gasteiger charge is 2.17. The van der Waals surface area contributed by atoms with Gasteiger partial charge in [0.1, 0.15) is 23.6 Å². The Morgan fingerprint density at radius 2 is 1.78 bits per heavy atom. The second-order valence-corrected chi connectivity index (χ2v) is 5.71. The minimum Gasteiger partial charge on any atom is -0.393 e. The summed E-state index contributed by atoms with van der Waals surface area (Å²) in [6.45, 7) is 0. The Kier molecular flexibility index (Phi) is 4.55. The van der Waals surface area contributed by atoms with Crippen LogP contribution in [0.5, 0.6) is 0 Å². The van der Waals surface area contributed by atoms with Gasteiger partial charge in [0.05, 0.1) is 5.69 Å². The van der Waals surface area contributed by atoms with E-state index in [9.17, 15) is 8.78 Å². The average Bonchev–Trinajstić information content (AvgIpc) is 2.54. The molecule has 4 N–H and O–H groups in total. The zero-order valence-corrected chi connectivity index (χ0v) is 12.6. The molecule has 1 aromatic heterocycles. The van der Waals surface area contributed by atoms with Crippen molar-refractivity contribution in [3.05, 3.63) is 36.2 Å². The molecular formula is C16H19F2N5. The van der Waals surface area contributed by atoms with E-state index in [1.807, 2.05) is 0 Å². The zero-order valence-electron chi connectivity index (χ0n) is 12.6. The van der Waals surface area contributed by atoms with Crippen LogP contribution in [0.15, 0.2) is 24.5 Å². The number of halogens is 2. The SMILES string of the molecule is Nc1c(Nc2ccc(F)cc2F)ncnc1NC1CCCCC1. The number of nitrogen functional groups attached to an aromatic ring is 1. The number of benzene rings is 1. The number of aromatic nitrogens is 2. The fourth-order valence-corrected chi connectivity index (χ4v) is 2.77. The number of nitrogens with two attached hydrogens (primary N) is 1. The first-order valence-corrected chi connectivity index (χ1v) is 7.72. The smallest absolute Gasteiger partial charge is 0.159 e. The number of hydrogen-bond donors (Lipinski definition) is 3. The summed E-state index contributed by atoms with van der Waals surface area (Å²) in [6, 6.07) is 3.63. The van der Waals surface area contributed by atoms with E-state index in [-0.39, 0.29) is 5.69 Å². The Balaban J connectivity index is 1.78. The largest absolute Gasteiger partial charge is 0.393 e. The van der Waals surface area contributed by atoms with Gasteiger partial charge in [-0.1, -0.05) is 19.3 Å². The molecule has 122 valence electrons. The van der Waals surface area contributed by atoms with Gasteiger partial charge in [-0.25, -0.2) is 18.7 Å². The molecular weight excluding hydrogens is 300 g/mol. The molecule has 0 saturated heterocycles. The van der Waals surface area contributed by atoms with Crippen molar-refractivity contribution in [1.82, 2.24) is 9.97 Å². The van der Waals surface area contributed by atoms with E-state index in [2.05, 4.69) is 20.6 Å². The van der Waals surface area contributed by atoms with E-state index < -0.39 is 11.6 Å². The van der Waals surface area contributed by atoms with Crippen molar-refractivity contribution < 1.29 is 8.78 Å². The molecule has 3 rings (SSSR count). The first-order valence-electron chi connectivity index (χ1n) is 7.72. The molecule has 1 aliphatic rings. The number of rotatable bonds is 4. The number of anilines is 4. The first kappa shape index (κ1) is 15.5. The highest BCUT2D eigenvalue weighted by atomic mass is 19.1. The summed E-state index contributed by atoms with van der Waals surface area (Å²) < 4.78 is 26.7. The Bertz CT molecular complexity index is 686. The van der Waals surface area contributed by atoms with Crippen molar-refractivity contribution in [1.29, 1.82) is 0 Å². The lowest BCUT2D eigenvalue weighted by molar-refractivity contribution is 0.462. The van der Waals surface area contributed by atoms with Crippen LogP contribution in [0.3, 0.4) is 0 Å². The zero-order chi connectivity index (χ0) is 16.2. The summed E-state index contributed by atoms with van der Waals surface area (Å²) in [5.74, 6) is -0.506. The normalized spacial score (nSPS) is 15.4. The molecule has 1 aromatic carbocycles. The van der Waals surface area contributed by atoms with E-state index in [4.69, 9.17) is 5.73 Å². The van der Waals surface area contributed by atoms with Gasteiger partial charge in [-0.3, -0.25) is 0 Å². The predicted octanol–water partition coefficient (Wildman–Crippen LogP) is 3.83. The lowest BCUT2D eigenvalue weighted by Gasteiger charge is -2.24. The van der Waals surface area contributed by atoms with Crippen LogP contribution in [-0.2, 0) is 0 Å². The van der Waals surface area contributed by atoms with Gasteiger partial charge in [0, 0.05) is 12.1 Å². The summed E-state index contributed by atoms with van der Waals surface area (Å²) in [7, 11) is 0. The van der Waals surface area contributed by atoms with Crippen LogP contribution < -0.4 is 16.4 Å². The van der Waals surface area contributed by atoms with Crippen molar-refractivity contribution in [2.24, 2.45) is 0 Å². The van der Waals surface area contributed by atoms with Gasteiger partial charge in [-0.05, 0) is 25.0 Å². The number of nitrogens with one attached hydrogen (secondary N) is 2. The van der Waals surface area contributed by atoms with E-state index in [0.29, 0.717) is 23.4 Å². The molecule has 0 bridgehead atoms. The second-order valence-electron chi connectivity index (χ2n) is 5.71. The number of nitrogens with zero attached hydrogens (tertiary/aromatic N) is 2. The van der Waals surface area contributed by atoms with Crippen molar-refractivity contribution in [2.45, 2.75) is 38.1 Å². The molecule has 0 atom stereocenters. The van der Waals surface area contributed by atoms with E-state index in [1.54, 1.807) is 0 Å². The molecule has 5 nitrogen and oxygen atoms in total. The van der Waals surface area contributed by atoms with Crippen LogP contribution in [0.1, 0.15) is 32.1 Å². The van der Waals surface area contributed by atoms with Gasteiger partial charge < -0.3 is 16.4 Å². The molecule has 0 aliphatic heterocycles. The molecule has 7 heteroatoms. The minimum absolute atomic E-state index is 0.111. The molecule has 0 amide bonds. The third-order valence-corrected chi connectivity index (χ3v) is 4.01. The van der Waals surface area contributed by atoms with Gasteiger partial charge in [0.15, 0.2) is 11.6 Å². The Labute approximate surface area is 133 Å². The third-order valence-electron chi connectivity index (χ3n) is 4.01. The average molecular weight is 319 g/mol. The Morgan fingerprint density at radius 1 is 1.04 bits per heavy atom. The standard InChI is InChI=1S/C16H19F2N5/c17-10-6-7-13(12(18)8-10)23-16-14(19)15(20-9-21-16)22-11-4-2-1-3-5-11/h6-9,11H,1-5,19H2,(H2,20,21,22,23). The lowest BCUT2D eigenvalue weighted by atomic mass is 9.95. The first-order chi connectivity index (χ1) is 11.1. The van der Waals surface area contributed by atoms with Gasteiger partial charge in [-0.2, -0.15) is 0 Å². The second kappa shape index (κ2) is 6.76. The van der Waals surface area contributed by atoms with Crippen LogP contribution in [0, 0.1) is 11.6 Å². The molecule has 0 radical (unpaired) electrons. The Hall–Kier alpha value is -2.44. The molecule has 2 aromatic rings. The monoisotopic (exact) mass is 319 g/mol. The van der Waals surface area contributed by atoms with Crippen LogP contribution in [-0.4, -0.2) is 16.0 Å². The van der Waals surface area contributed by atoms with E-state index in [0.717, 1.165) is 18.9 Å². The summed E-state index contributed by atoms with van der Waals surface area (Å²) in [5, 5.41) is 6.12. The maximum Gasteiger partial charge on any atom is 0.159 e. The molecule has 23 heavy (non-hydrogen) atoms. The lowest BCUT2D eigenvalue weighted by Crippen LogP contribution is -2.23. The van der Waals surface area contributed by atoms with Crippen molar-refractivity contribution in [3.63, 3.8) is 0 Å². The topological polar surface area (TPSA) is 75.9 Å². The van der Waals surface area contributed by atoms with Gasteiger partial charge in [0.25, 0.3) is 0 Å². The maximum atomic E-state index is 13.7. The summed E-state index contributed by atoms with van der Waals surface area (Å²) >= 11 is 0. The quantitative estimate of drug-likeness (QED) is 0.798. The van der Waals surface area contributed by atoms with Crippen molar-refractivity contribution in [2.75, 3.05) is 16.4 Å². The summed E-state index contributed by atoms with van der Waals surface area (Å²) in [4.78, 5) is 8.21. The van der Waals surface area contributed by atoms with Crippen molar-refractivity contribution in [3.8, 4) is 0 Å². The summed E-state index contributed by atoms with van der Waals surface area (Å²) in [6.07, 6.45) is 7.17. The maximum absolute atomic E-state index is 13.7. The Morgan fingerprint density at radius 3 is 2.52 bits per heavy atom. The van der Waals surface area contributed by atoms with E-state index >= 15 is 0 Å². The van der Waals surface area contributed by atoms with Crippen LogP contribution >= 0.6 is 0 Å². The van der Waals surface area contributed by atoms with Gasteiger partial charge in [0.2, 0.25) is 0 Å². The molecule has 1 heterocycles. The molecule has 0 spiro atoms. The molecule has 1 saturated carbocycles. The van der Waals surface area contributed by atoms with E-state index in [1.165, 1.54) is 37.7 Å². The fourth-order valence-electron chi connectivity index (χ4n) is 2.77. The van der Waals surface area contributed by atoms with Crippen molar-refractivity contribution >= 4 is 23.0 Å². The number of hydrogen-bond acceptors (Lipinski definition) is 5. The third kappa shape index (κ3) is 3.67. The molecule has 1 fully saturated rings.